The van der Waals surface area contributed by atoms with Crippen molar-refractivity contribution in [2.45, 2.75) is 26.3 Å². The van der Waals surface area contributed by atoms with Crippen LogP contribution in [0.4, 0.5) is 0 Å². The molecule has 13 heavy (non-hydrogen) atoms. The van der Waals surface area contributed by atoms with E-state index in [1.807, 2.05) is 18.9 Å². The molecule has 0 aromatic rings. The molecule has 2 atom stereocenters. The van der Waals surface area contributed by atoms with E-state index in [4.69, 9.17) is 10.6 Å². The van der Waals surface area contributed by atoms with Gasteiger partial charge in [0.25, 0.3) is 7.52 Å². The first-order valence-electron chi connectivity index (χ1n) is 4.10. The van der Waals surface area contributed by atoms with Crippen molar-refractivity contribution < 1.29 is 14.3 Å². The zero-order valence-corrected chi connectivity index (χ0v) is 9.04. The number of carbonyl (C=O) groups is 1. The zero-order valence-electron chi connectivity index (χ0n) is 8.15. The van der Waals surface area contributed by atoms with Gasteiger partial charge in [-0.1, -0.05) is 13.8 Å². The lowest BCUT2D eigenvalue weighted by atomic mass is 10.0. The van der Waals surface area contributed by atoms with E-state index in [1.54, 1.807) is 0 Å². The van der Waals surface area contributed by atoms with Crippen LogP contribution in [-0.4, -0.2) is 23.5 Å². The predicted octanol–water partition coefficient (Wildman–Crippen LogP) is 0.291. The summed E-state index contributed by atoms with van der Waals surface area (Å²) in [5, 5.41) is 1.97. The fourth-order valence-electron chi connectivity index (χ4n) is 0.902. The Morgan fingerprint density at radius 3 is 2.38 bits per heavy atom. The third kappa shape index (κ3) is 6.75. The summed E-state index contributed by atoms with van der Waals surface area (Å²) >= 11 is 0. The van der Waals surface area contributed by atoms with Gasteiger partial charge in [0.15, 0.2) is 0 Å². The Bertz CT molecular complexity index is 224. The number of carbonyl (C=O) groups excluding carboxylic acids is 1. The van der Waals surface area contributed by atoms with Crippen molar-refractivity contribution in [1.29, 1.82) is 0 Å². The number of hydrogen-bond acceptors (Lipinski definition) is 3. The maximum atomic E-state index is 11.1. The maximum Gasteiger partial charge on any atom is 0.290 e. The average Bonchev–Trinajstić information content (AvgIpc) is 1.81. The molecule has 1 amide bonds. The summed E-state index contributed by atoms with van der Waals surface area (Å²) in [4.78, 5) is 20.0. The molecule has 0 rings (SSSR count). The molecule has 0 aromatic carbocycles. The highest BCUT2D eigenvalue weighted by molar-refractivity contribution is 7.55. The van der Waals surface area contributed by atoms with E-state index < -0.39 is 19.5 Å². The molecule has 0 aromatic heterocycles. The molecule has 4 N–H and O–H groups in total. The Morgan fingerprint density at radius 1 is 1.62 bits per heavy atom. The SMILES string of the molecule is CC(C)C[C@H](N)C(=O)NP(C)(=O)O. The highest BCUT2D eigenvalue weighted by atomic mass is 31.2. The fraction of sp³-hybridized carbons (Fsp3) is 0.857. The minimum absolute atomic E-state index is 0.288. The van der Waals surface area contributed by atoms with Crippen LogP contribution in [0.5, 0.6) is 0 Å². The number of hydrogen-bond donors (Lipinski definition) is 3. The molecule has 0 saturated carbocycles. The van der Waals surface area contributed by atoms with Gasteiger partial charge >= 0.3 is 0 Å². The van der Waals surface area contributed by atoms with Gasteiger partial charge < -0.3 is 10.6 Å². The van der Waals surface area contributed by atoms with E-state index in [2.05, 4.69) is 0 Å². The predicted molar refractivity (Wildman–Crippen MR) is 51.3 cm³/mol. The number of nitrogens with two attached hydrogens (primary N) is 1. The summed E-state index contributed by atoms with van der Waals surface area (Å²) in [6.07, 6.45) is 0.506. The van der Waals surface area contributed by atoms with Gasteiger partial charge in [-0.25, -0.2) is 0 Å². The summed E-state index contributed by atoms with van der Waals surface area (Å²) < 4.78 is 10.8. The van der Waals surface area contributed by atoms with Crippen LogP contribution in [-0.2, 0) is 9.36 Å². The minimum atomic E-state index is -3.50. The van der Waals surface area contributed by atoms with Crippen LogP contribution < -0.4 is 10.8 Å². The van der Waals surface area contributed by atoms with Crippen LogP contribution >= 0.6 is 7.52 Å². The van der Waals surface area contributed by atoms with Crippen LogP contribution in [0.25, 0.3) is 0 Å². The molecule has 0 radical (unpaired) electrons. The van der Waals surface area contributed by atoms with E-state index in [-0.39, 0.29) is 5.92 Å². The second kappa shape index (κ2) is 4.74. The van der Waals surface area contributed by atoms with Crippen LogP contribution in [0, 0.1) is 5.92 Å². The topological polar surface area (TPSA) is 92.4 Å². The molecule has 0 spiro atoms. The molecule has 0 aliphatic heterocycles. The number of nitrogens with one attached hydrogen (secondary N) is 1. The Morgan fingerprint density at radius 2 is 2.08 bits per heavy atom. The van der Waals surface area contributed by atoms with E-state index in [9.17, 15) is 9.36 Å². The lowest BCUT2D eigenvalue weighted by molar-refractivity contribution is -0.121. The summed E-state index contributed by atoms with van der Waals surface area (Å²) in [5.41, 5.74) is 5.48. The number of rotatable bonds is 4. The molecule has 5 nitrogen and oxygen atoms in total. The zero-order chi connectivity index (χ0) is 10.6. The molecule has 6 heteroatoms. The van der Waals surface area contributed by atoms with Crippen molar-refractivity contribution in [1.82, 2.24) is 5.09 Å². The van der Waals surface area contributed by atoms with E-state index >= 15 is 0 Å². The summed E-state index contributed by atoms with van der Waals surface area (Å²) in [6.45, 7) is 4.92. The van der Waals surface area contributed by atoms with Gasteiger partial charge in [-0.05, 0) is 12.3 Å². The molecule has 0 bridgehead atoms. The Kier molecular flexibility index (Phi) is 4.61. The van der Waals surface area contributed by atoms with E-state index in [0.29, 0.717) is 6.42 Å². The van der Waals surface area contributed by atoms with Gasteiger partial charge in [0, 0.05) is 6.66 Å². The summed E-state index contributed by atoms with van der Waals surface area (Å²) in [5.74, 6) is -0.280. The van der Waals surface area contributed by atoms with Crippen molar-refractivity contribution in [3.05, 3.63) is 0 Å². The average molecular weight is 208 g/mol. The van der Waals surface area contributed by atoms with Crippen LogP contribution in [0.1, 0.15) is 20.3 Å². The van der Waals surface area contributed by atoms with Gasteiger partial charge in [0.2, 0.25) is 5.91 Å². The first kappa shape index (κ1) is 12.6. The normalized spacial score (nSPS) is 18.0. The molecule has 1 unspecified atom stereocenters. The lowest BCUT2D eigenvalue weighted by Gasteiger charge is -2.15. The number of amides is 1. The minimum Gasteiger partial charge on any atom is -0.329 e. The van der Waals surface area contributed by atoms with Crippen LogP contribution in [0.15, 0.2) is 0 Å². The fourth-order valence-corrected chi connectivity index (χ4v) is 1.48. The second-order valence-electron chi connectivity index (χ2n) is 3.59. The van der Waals surface area contributed by atoms with Crippen LogP contribution in [0.3, 0.4) is 0 Å². The van der Waals surface area contributed by atoms with Crippen LogP contribution in [0.2, 0.25) is 0 Å². The molecule has 0 aliphatic rings. The first-order valence-corrected chi connectivity index (χ1v) is 6.21. The second-order valence-corrected chi connectivity index (χ2v) is 5.57. The molecule has 0 heterocycles. The largest absolute Gasteiger partial charge is 0.329 e. The van der Waals surface area contributed by atoms with Gasteiger partial charge in [-0.2, -0.15) is 0 Å². The van der Waals surface area contributed by atoms with Gasteiger partial charge in [-0.15, -0.1) is 0 Å². The van der Waals surface area contributed by atoms with E-state index in [0.717, 1.165) is 6.66 Å². The quantitative estimate of drug-likeness (QED) is 0.579. The molecular formula is C7H17N2O3P. The summed E-state index contributed by atoms with van der Waals surface area (Å²) in [6, 6.07) is -0.708. The molecule has 0 aliphatic carbocycles. The Labute approximate surface area is 78.2 Å². The summed E-state index contributed by atoms with van der Waals surface area (Å²) in [7, 11) is -3.50. The third-order valence-corrected chi connectivity index (χ3v) is 2.02. The van der Waals surface area contributed by atoms with Gasteiger partial charge in [0.1, 0.15) is 0 Å². The monoisotopic (exact) mass is 208 g/mol. The molecule has 0 saturated heterocycles. The van der Waals surface area contributed by atoms with Gasteiger partial charge in [-0.3, -0.25) is 14.4 Å². The third-order valence-electron chi connectivity index (χ3n) is 1.38. The molecular weight excluding hydrogens is 191 g/mol. The maximum absolute atomic E-state index is 11.1. The first-order chi connectivity index (χ1) is 5.72. The standard InChI is InChI=1S/C7H17N2O3P/c1-5(2)4-6(8)7(10)9-13(3,11)12/h5-6H,4,8H2,1-3H3,(H2,9,10,11,12)/t6-/m0/s1. The smallest absolute Gasteiger partial charge is 0.290 e. The highest BCUT2D eigenvalue weighted by Gasteiger charge is 2.20. The Balaban J connectivity index is 4.05. The van der Waals surface area contributed by atoms with E-state index in [1.165, 1.54) is 0 Å². The molecule has 78 valence electrons. The lowest BCUT2D eigenvalue weighted by Crippen LogP contribution is -2.39. The van der Waals surface area contributed by atoms with Gasteiger partial charge in [0.05, 0.1) is 6.04 Å². The van der Waals surface area contributed by atoms with Crippen molar-refractivity contribution in [2.24, 2.45) is 11.7 Å². The Hall–Kier alpha value is -0.380. The highest BCUT2D eigenvalue weighted by Crippen LogP contribution is 2.28. The van der Waals surface area contributed by atoms with Crippen molar-refractivity contribution >= 4 is 13.4 Å². The van der Waals surface area contributed by atoms with Crippen molar-refractivity contribution in [3.8, 4) is 0 Å². The molecule has 0 fully saturated rings. The van der Waals surface area contributed by atoms with Crippen molar-refractivity contribution in [3.63, 3.8) is 0 Å². The van der Waals surface area contributed by atoms with Crippen molar-refractivity contribution in [2.75, 3.05) is 6.66 Å².